The SMILES string of the molecule is CCNC1(C2CCNCC2)Cc2cccc3cccc1c23. The Morgan fingerprint density at radius 2 is 1.90 bits per heavy atom. The maximum Gasteiger partial charge on any atom is 0.0511 e. The van der Waals surface area contributed by atoms with Crippen LogP contribution in [0.15, 0.2) is 36.4 Å². The van der Waals surface area contributed by atoms with Crippen LogP contribution in [-0.2, 0) is 12.0 Å². The number of rotatable bonds is 3. The molecule has 21 heavy (non-hydrogen) atoms. The van der Waals surface area contributed by atoms with E-state index in [1.165, 1.54) is 29.2 Å². The van der Waals surface area contributed by atoms with Crippen LogP contribution in [0.4, 0.5) is 0 Å². The predicted molar refractivity (Wildman–Crippen MR) is 88.6 cm³/mol. The summed E-state index contributed by atoms with van der Waals surface area (Å²) < 4.78 is 0. The Hall–Kier alpha value is -1.38. The van der Waals surface area contributed by atoms with Crippen molar-refractivity contribution in [3.8, 4) is 0 Å². The number of hydrogen-bond donors (Lipinski definition) is 2. The van der Waals surface area contributed by atoms with Gasteiger partial charge in [-0.2, -0.15) is 0 Å². The molecule has 0 spiro atoms. The monoisotopic (exact) mass is 280 g/mol. The van der Waals surface area contributed by atoms with Gasteiger partial charge in [-0.05, 0) is 66.7 Å². The second kappa shape index (κ2) is 5.11. The first kappa shape index (κ1) is 13.3. The molecule has 1 fully saturated rings. The third-order valence-electron chi connectivity index (χ3n) is 5.47. The zero-order chi connectivity index (χ0) is 14.3. The lowest BCUT2D eigenvalue weighted by atomic mass is 9.73. The minimum atomic E-state index is 0.153. The van der Waals surface area contributed by atoms with E-state index >= 15 is 0 Å². The van der Waals surface area contributed by atoms with E-state index in [2.05, 4.69) is 54.0 Å². The molecule has 0 radical (unpaired) electrons. The van der Waals surface area contributed by atoms with Crippen molar-refractivity contribution in [2.75, 3.05) is 19.6 Å². The Labute approximate surface area is 126 Å². The molecule has 2 heteroatoms. The van der Waals surface area contributed by atoms with E-state index in [1.54, 1.807) is 5.56 Å². The molecule has 2 aromatic rings. The van der Waals surface area contributed by atoms with Gasteiger partial charge in [0.1, 0.15) is 0 Å². The summed E-state index contributed by atoms with van der Waals surface area (Å²) in [6.07, 6.45) is 3.71. The Kier molecular flexibility index (Phi) is 3.24. The summed E-state index contributed by atoms with van der Waals surface area (Å²) in [4.78, 5) is 0. The number of hydrogen-bond acceptors (Lipinski definition) is 2. The summed E-state index contributed by atoms with van der Waals surface area (Å²) in [5.74, 6) is 0.733. The molecule has 1 atom stereocenters. The van der Waals surface area contributed by atoms with Gasteiger partial charge >= 0.3 is 0 Å². The van der Waals surface area contributed by atoms with Crippen molar-refractivity contribution in [1.29, 1.82) is 0 Å². The van der Waals surface area contributed by atoms with Gasteiger partial charge in [-0.1, -0.05) is 43.3 Å². The zero-order valence-corrected chi connectivity index (χ0v) is 12.8. The fraction of sp³-hybridized carbons (Fsp3) is 0.474. The summed E-state index contributed by atoms with van der Waals surface area (Å²) in [7, 11) is 0. The van der Waals surface area contributed by atoms with Crippen LogP contribution >= 0.6 is 0 Å². The van der Waals surface area contributed by atoms with E-state index in [1.807, 2.05) is 0 Å². The molecule has 2 aliphatic rings. The van der Waals surface area contributed by atoms with Gasteiger partial charge in [-0.15, -0.1) is 0 Å². The molecule has 2 N–H and O–H groups in total. The average Bonchev–Trinajstić information content (AvgIpc) is 2.86. The lowest BCUT2D eigenvalue weighted by molar-refractivity contribution is 0.174. The van der Waals surface area contributed by atoms with Crippen LogP contribution in [-0.4, -0.2) is 19.6 Å². The Morgan fingerprint density at radius 1 is 1.14 bits per heavy atom. The molecule has 1 unspecified atom stereocenters. The molecule has 1 saturated heterocycles. The first-order valence-electron chi connectivity index (χ1n) is 8.32. The molecule has 0 saturated carbocycles. The highest BCUT2D eigenvalue weighted by Gasteiger charge is 2.44. The second-order valence-corrected chi connectivity index (χ2v) is 6.52. The van der Waals surface area contributed by atoms with Crippen LogP contribution in [0.2, 0.25) is 0 Å². The maximum absolute atomic E-state index is 3.91. The minimum absolute atomic E-state index is 0.153. The molecule has 110 valence electrons. The largest absolute Gasteiger partial charge is 0.317 e. The maximum atomic E-state index is 3.91. The zero-order valence-electron chi connectivity index (χ0n) is 12.8. The molecule has 0 bridgehead atoms. The molecule has 2 aromatic carbocycles. The van der Waals surface area contributed by atoms with Crippen molar-refractivity contribution in [2.45, 2.75) is 31.7 Å². The van der Waals surface area contributed by atoms with E-state index in [-0.39, 0.29) is 5.54 Å². The standard InChI is InChI=1S/C19H24N2/c1-2-21-19(16-9-11-20-12-10-16)13-15-7-3-5-14-6-4-8-17(19)18(14)15/h3-8,16,20-21H,2,9-13H2,1H3. The summed E-state index contributed by atoms with van der Waals surface area (Å²) in [6, 6.07) is 13.7. The smallest absolute Gasteiger partial charge is 0.0511 e. The number of benzene rings is 2. The van der Waals surface area contributed by atoms with Crippen molar-refractivity contribution in [1.82, 2.24) is 10.6 Å². The van der Waals surface area contributed by atoms with Crippen molar-refractivity contribution in [2.24, 2.45) is 5.92 Å². The van der Waals surface area contributed by atoms with E-state index in [4.69, 9.17) is 0 Å². The molecule has 1 heterocycles. The molecule has 0 amide bonds. The highest BCUT2D eigenvalue weighted by molar-refractivity contribution is 5.92. The molecular formula is C19H24N2. The van der Waals surface area contributed by atoms with Gasteiger partial charge in [-0.25, -0.2) is 0 Å². The van der Waals surface area contributed by atoms with Crippen LogP contribution in [0, 0.1) is 5.92 Å². The fourth-order valence-corrected chi connectivity index (χ4v) is 4.63. The van der Waals surface area contributed by atoms with E-state index in [0.29, 0.717) is 0 Å². The van der Waals surface area contributed by atoms with E-state index in [0.717, 1.165) is 32.0 Å². The quantitative estimate of drug-likeness (QED) is 0.902. The highest BCUT2D eigenvalue weighted by Crippen LogP contribution is 2.47. The van der Waals surface area contributed by atoms with Crippen molar-refractivity contribution in [3.63, 3.8) is 0 Å². The summed E-state index contributed by atoms with van der Waals surface area (Å²) in [5.41, 5.74) is 3.23. The van der Waals surface area contributed by atoms with Gasteiger partial charge in [0.25, 0.3) is 0 Å². The van der Waals surface area contributed by atoms with Gasteiger partial charge in [0.05, 0.1) is 5.54 Å². The molecule has 1 aliphatic heterocycles. The third-order valence-corrected chi connectivity index (χ3v) is 5.47. The number of piperidine rings is 1. The van der Waals surface area contributed by atoms with Crippen molar-refractivity contribution in [3.05, 3.63) is 47.5 Å². The van der Waals surface area contributed by atoms with Crippen LogP contribution in [0.3, 0.4) is 0 Å². The molecule has 2 nitrogen and oxygen atoms in total. The van der Waals surface area contributed by atoms with Gasteiger partial charge in [0.15, 0.2) is 0 Å². The van der Waals surface area contributed by atoms with Crippen LogP contribution in [0.25, 0.3) is 10.8 Å². The fourth-order valence-electron chi connectivity index (χ4n) is 4.63. The van der Waals surface area contributed by atoms with Crippen LogP contribution < -0.4 is 10.6 Å². The number of likely N-dealkylation sites (N-methyl/N-ethyl adjacent to an activating group) is 1. The van der Waals surface area contributed by atoms with Gasteiger partial charge in [-0.3, -0.25) is 0 Å². The minimum Gasteiger partial charge on any atom is -0.317 e. The number of nitrogens with one attached hydrogen (secondary N) is 2. The molecule has 4 rings (SSSR count). The third kappa shape index (κ3) is 1.93. The van der Waals surface area contributed by atoms with Gasteiger partial charge in [0.2, 0.25) is 0 Å². The average molecular weight is 280 g/mol. The van der Waals surface area contributed by atoms with E-state index in [9.17, 15) is 0 Å². The summed E-state index contributed by atoms with van der Waals surface area (Å²) in [5, 5.41) is 10.3. The van der Waals surface area contributed by atoms with Crippen LogP contribution in [0.5, 0.6) is 0 Å². The molecule has 0 aromatic heterocycles. The second-order valence-electron chi connectivity index (χ2n) is 6.52. The lowest BCUT2D eigenvalue weighted by Crippen LogP contribution is -2.51. The first-order chi connectivity index (χ1) is 10.3. The molecular weight excluding hydrogens is 256 g/mol. The van der Waals surface area contributed by atoms with Gasteiger partial charge in [0, 0.05) is 0 Å². The summed E-state index contributed by atoms with van der Waals surface area (Å²) >= 11 is 0. The van der Waals surface area contributed by atoms with Crippen LogP contribution in [0.1, 0.15) is 30.9 Å². The van der Waals surface area contributed by atoms with Gasteiger partial charge < -0.3 is 10.6 Å². The predicted octanol–water partition coefficient (Wildman–Crippen LogP) is 3.20. The molecule has 1 aliphatic carbocycles. The Morgan fingerprint density at radius 3 is 2.67 bits per heavy atom. The van der Waals surface area contributed by atoms with E-state index < -0.39 is 0 Å². The Bertz CT molecular complexity index is 652. The Balaban J connectivity index is 1.88. The van der Waals surface area contributed by atoms with Crippen molar-refractivity contribution < 1.29 is 0 Å². The summed E-state index contributed by atoms with van der Waals surface area (Å²) in [6.45, 7) is 5.59. The van der Waals surface area contributed by atoms with Crippen molar-refractivity contribution >= 4 is 10.8 Å². The topological polar surface area (TPSA) is 24.1 Å². The lowest BCUT2D eigenvalue weighted by Gasteiger charge is -2.42. The normalized spacial score (nSPS) is 25.6. The highest BCUT2D eigenvalue weighted by atomic mass is 15.0. The first-order valence-corrected chi connectivity index (χ1v) is 8.32.